The van der Waals surface area contributed by atoms with E-state index in [9.17, 15) is 0 Å². The molecule has 0 saturated heterocycles. The van der Waals surface area contributed by atoms with Crippen molar-refractivity contribution in [3.8, 4) is 11.3 Å². The average Bonchev–Trinajstić information content (AvgIpc) is 2.56. The van der Waals surface area contributed by atoms with Crippen molar-refractivity contribution in [2.75, 3.05) is 5.73 Å². The third-order valence-electron chi connectivity index (χ3n) is 1.89. The Kier molecular flexibility index (Phi) is 2.17. The van der Waals surface area contributed by atoms with Crippen molar-refractivity contribution in [2.45, 2.75) is 6.92 Å². The maximum atomic E-state index is 6.00. The fourth-order valence-electron chi connectivity index (χ4n) is 1.23. The molecule has 4 heteroatoms. The molecule has 1 aromatic carbocycles. The van der Waals surface area contributed by atoms with E-state index in [-0.39, 0.29) is 0 Å². The molecule has 0 atom stereocenters. The monoisotopic (exact) mass is 208 g/mol. The van der Waals surface area contributed by atoms with Crippen LogP contribution in [0.3, 0.4) is 0 Å². The van der Waals surface area contributed by atoms with Gasteiger partial charge in [0.05, 0.1) is 5.02 Å². The van der Waals surface area contributed by atoms with E-state index in [1.807, 2.05) is 0 Å². The Bertz CT molecular complexity index is 465. The number of benzene rings is 1. The highest BCUT2D eigenvalue weighted by atomic mass is 35.5. The fourth-order valence-corrected chi connectivity index (χ4v) is 1.44. The van der Waals surface area contributed by atoms with Gasteiger partial charge in [0.15, 0.2) is 5.89 Å². The summed E-state index contributed by atoms with van der Waals surface area (Å²) in [5, 5.41) is 0.618. The molecular formula is C10H9ClN2O. The molecule has 0 amide bonds. The maximum Gasteiger partial charge on any atom is 0.191 e. The first-order valence-electron chi connectivity index (χ1n) is 4.14. The van der Waals surface area contributed by atoms with E-state index >= 15 is 0 Å². The number of hydrogen-bond donors (Lipinski definition) is 1. The number of anilines is 1. The van der Waals surface area contributed by atoms with Crippen LogP contribution in [0.4, 0.5) is 5.69 Å². The molecule has 0 spiro atoms. The first-order valence-corrected chi connectivity index (χ1v) is 4.52. The van der Waals surface area contributed by atoms with Gasteiger partial charge in [0.25, 0.3) is 0 Å². The molecular weight excluding hydrogens is 200 g/mol. The Morgan fingerprint density at radius 2 is 2.21 bits per heavy atom. The molecule has 72 valence electrons. The van der Waals surface area contributed by atoms with Crippen LogP contribution in [0.1, 0.15) is 5.89 Å². The molecule has 1 heterocycles. The average molecular weight is 209 g/mol. The smallest absolute Gasteiger partial charge is 0.191 e. The second-order valence-electron chi connectivity index (χ2n) is 2.99. The minimum absolute atomic E-state index is 0.610. The Hall–Kier alpha value is -1.48. The fraction of sp³-hybridized carbons (Fsp3) is 0.100. The van der Waals surface area contributed by atoms with Gasteiger partial charge in [-0.2, -0.15) is 0 Å². The Morgan fingerprint density at radius 3 is 2.86 bits per heavy atom. The number of hydrogen-bond acceptors (Lipinski definition) is 3. The summed E-state index contributed by atoms with van der Waals surface area (Å²) in [4.78, 5) is 4.18. The van der Waals surface area contributed by atoms with E-state index in [0.29, 0.717) is 22.3 Å². The first-order chi connectivity index (χ1) is 6.66. The van der Waals surface area contributed by atoms with Crippen molar-refractivity contribution in [1.29, 1.82) is 0 Å². The van der Waals surface area contributed by atoms with Crippen LogP contribution in [-0.2, 0) is 0 Å². The molecule has 0 unspecified atom stereocenters. The van der Waals surface area contributed by atoms with Crippen LogP contribution in [0.5, 0.6) is 0 Å². The summed E-state index contributed by atoms with van der Waals surface area (Å²) < 4.78 is 5.10. The van der Waals surface area contributed by atoms with Gasteiger partial charge in [-0.15, -0.1) is 0 Å². The van der Waals surface area contributed by atoms with E-state index in [0.717, 1.165) is 5.56 Å². The number of aromatic nitrogens is 1. The number of oxazole rings is 1. The summed E-state index contributed by atoms with van der Waals surface area (Å²) in [5.74, 6) is 0.610. The number of nitrogens with zero attached hydrogens (tertiary/aromatic N) is 1. The van der Waals surface area contributed by atoms with Crippen molar-refractivity contribution >= 4 is 17.3 Å². The third-order valence-corrected chi connectivity index (χ3v) is 2.21. The van der Waals surface area contributed by atoms with Crippen molar-refractivity contribution < 1.29 is 4.42 Å². The SMILES string of the molecule is Cc1nc(-c2cc(N)ccc2Cl)co1. The van der Waals surface area contributed by atoms with E-state index in [2.05, 4.69) is 4.98 Å². The Labute approximate surface area is 86.5 Å². The van der Waals surface area contributed by atoms with Crippen LogP contribution in [-0.4, -0.2) is 4.98 Å². The van der Waals surface area contributed by atoms with Gasteiger partial charge in [-0.1, -0.05) is 11.6 Å². The second kappa shape index (κ2) is 3.35. The largest absolute Gasteiger partial charge is 0.449 e. The molecule has 0 aliphatic rings. The third kappa shape index (κ3) is 1.59. The quantitative estimate of drug-likeness (QED) is 0.734. The molecule has 0 aliphatic carbocycles. The molecule has 1 aromatic heterocycles. The number of nitrogen functional groups attached to an aromatic ring is 1. The normalized spacial score (nSPS) is 10.4. The summed E-state index contributed by atoms with van der Waals surface area (Å²) >= 11 is 6.00. The van der Waals surface area contributed by atoms with E-state index < -0.39 is 0 Å². The Morgan fingerprint density at radius 1 is 1.43 bits per heavy atom. The number of nitrogens with two attached hydrogens (primary N) is 1. The summed E-state index contributed by atoms with van der Waals surface area (Å²) in [7, 11) is 0. The first kappa shape index (κ1) is 9.09. The van der Waals surface area contributed by atoms with Crippen LogP contribution in [0, 0.1) is 6.92 Å². The van der Waals surface area contributed by atoms with Crippen LogP contribution >= 0.6 is 11.6 Å². The van der Waals surface area contributed by atoms with Gasteiger partial charge in [-0.05, 0) is 18.2 Å². The zero-order valence-electron chi connectivity index (χ0n) is 7.62. The van der Waals surface area contributed by atoms with Crippen LogP contribution < -0.4 is 5.73 Å². The van der Waals surface area contributed by atoms with Crippen molar-refractivity contribution in [1.82, 2.24) is 4.98 Å². The van der Waals surface area contributed by atoms with E-state index in [4.69, 9.17) is 21.8 Å². The topological polar surface area (TPSA) is 52.0 Å². The number of halogens is 1. The highest BCUT2D eigenvalue weighted by molar-refractivity contribution is 6.33. The highest BCUT2D eigenvalue weighted by Gasteiger charge is 2.07. The van der Waals surface area contributed by atoms with Crippen LogP contribution in [0.15, 0.2) is 28.9 Å². The molecule has 2 N–H and O–H groups in total. The predicted octanol–water partition coefficient (Wildman–Crippen LogP) is 2.89. The van der Waals surface area contributed by atoms with Gasteiger partial charge in [-0.25, -0.2) is 4.98 Å². The van der Waals surface area contributed by atoms with Crippen molar-refractivity contribution in [3.05, 3.63) is 35.4 Å². The molecule has 2 rings (SSSR count). The van der Waals surface area contributed by atoms with Gasteiger partial charge < -0.3 is 10.2 Å². The molecule has 0 radical (unpaired) electrons. The lowest BCUT2D eigenvalue weighted by Gasteiger charge is -2.00. The van der Waals surface area contributed by atoms with Crippen molar-refractivity contribution in [2.24, 2.45) is 0 Å². The van der Waals surface area contributed by atoms with Gasteiger partial charge in [0.2, 0.25) is 0 Å². The lowest BCUT2D eigenvalue weighted by atomic mass is 10.1. The molecule has 2 aromatic rings. The van der Waals surface area contributed by atoms with E-state index in [1.165, 1.54) is 0 Å². The van der Waals surface area contributed by atoms with Gasteiger partial charge in [0.1, 0.15) is 12.0 Å². The summed E-state index contributed by atoms with van der Waals surface area (Å²) in [6, 6.07) is 5.27. The summed E-state index contributed by atoms with van der Waals surface area (Å²) in [6.45, 7) is 1.78. The Balaban J connectivity index is 2.55. The number of aryl methyl sites for hydroxylation is 1. The predicted molar refractivity (Wildman–Crippen MR) is 56.1 cm³/mol. The molecule has 3 nitrogen and oxygen atoms in total. The highest BCUT2D eigenvalue weighted by Crippen LogP contribution is 2.28. The van der Waals surface area contributed by atoms with Gasteiger partial charge >= 0.3 is 0 Å². The van der Waals surface area contributed by atoms with E-state index in [1.54, 1.807) is 31.4 Å². The maximum absolute atomic E-state index is 6.00. The zero-order chi connectivity index (χ0) is 10.1. The van der Waals surface area contributed by atoms with Gasteiger partial charge in [0, 0.05) is 18.2 Å². The summed E-state index contributed by atoms with van der Waals surface area (Å²) in [6.07, 6.45) is 1.57. The lowest BCUT2D eigenvalue weighted by molar-refractivity contribution is 0.521. The lowest BCUT2D eigenvalue weighted by Crippen LogP contribution is -1.86. The summed E-state index contributed by atoms with van der Waals surface area (Å²) in [5.41, 5.74) is 7.82. The molecule has 0 aliphatic heterocycles. The second-order valence-corrected chi connectivity index (χ2v) is 3.40. The molecule has 14 heavy (non-hydrogen) atoms. The van der Waals surface area contributed by atoms with Crippen LogP contribution in [0.25, 0.3) is 11.3 Å². The molecule has 0 saturated carbocycles. The minimum Gasteiger partial charge on any atom is -0.449 e. The van der Waals surface area contributed by atoms with Gasteiger partial charge in [-0.3, -0.25) is 0 Å². The zero-order valence-corrected chi connectivity index (χ0v) is 8.38. The minimum atomic E-state index is 0.610. The van der Waals surface area contributed by atoms with Crippen LogP contribution in [0.2, 0.25) is 5.02 Å². The standard InChI is InChI=1S/C10H9ClN2O/c1-6-13-10(5-14-6)8-4-7(12)2-3-9(8)11/h2-5H,12H2,1H3. The molecule has 0 fully saturated rings. The number of rotatable bonds is 1. The molecule has 0 bridgehead atoms. The van der Waals surface area contributed by atoms with Crippen molar-refractivity contribution in [3.63, 3.8) is 0 Å².